The van der Waals surface area contributed by atoms with Crippen LogP contribution in [0.25, 0.3) is 11.2 Å². The monoisotopic (exact) mass is 518 g/mol. The van der Waals surface area contributed by atoms with E-state index < -0.39 is 6.10 Å². The molecule has 5 heterocycles. The summed E-state index contributed by atoms with van der Waals surface area (Å²) in [6.07, 6.45) is 9.86. The van der Waals surface area contributed by atoms with Crippen LogP contribution in [0.2, 0.25) is 0 Å². The van der Waals surface area contributed by atoms with Gasteiger partial charge in [-0.3, -0.25) is 19.3 Å². The van der Waals surface area contributed by atoms with Gasteiger partial charge in [-0.25, -0.2) is 4.98 Å². The number of carbonyl (C=O) groups is 2. The van der Waals surface area contributed by atoms with Crippen LogP contribution in [0.4, 0.5) is 5.82 Å². The second-order valence-corrected chi connectivity index (χ2v) is 10.1. The van der Waals surface area contributed by atoms with Gasteiger partial charge in [0.15, 0.2) is 11.4 Å². The summed E-state index contributed by atoms with van der Waals surface area (Å²) >= 11 is 0. The molecule has 38 heavy (non-hydrogen) atoms. The molecule has 0 aliphatic carbocycles. The van der Waals surface area contributed by atoms with Gasteiger partial charge in [0.05, 0.1) is 30.2 Å². The van der Waals surface area contributed by atoms with Crippen molar-refractivity contribution in [1.29, 1.82) is 0 Å². The summed E-state index contributed by atoms with van der Waals surface area (Å²) in [7, 11) is 1.88. The Kier molecular flexibility index (Phi) is 7.11. The van der Waals surface area contributed by atoms with Crippen LogP contribution < -0.4 is 5.73 Å². The van der Waals surface area contributed by atoms with Gasteiger partial charge in [0.1, 0.15) is 11.9 Å². The van der Waals surface area contributed by atoms with Gasteiger partial charge in [-0.05, 0) is 38.2 Å². The van der Waals surface area contributed by atoms with Crippen molar-refractivity contribution in [2.45, 2.75) is 58.0 Å². The standard InChI is InChI=1S/C27H34N8O3/c1-4-22(37)27(38)34-10-5-6-17(9-11-34)24-23(16(2)36)25(28)35-26(32-24)20(14-31-35)18-7-8-21(29-12-18)19-13-30-33(3)15-19/h7,13-15,17,22,37H,4-6,8-12,28H2,1-3H3. The van der Waals surface area contributed by atoms with Gasteiger partial charge in [-0.1, -0.05) is 13.0 Å². The Morgan fingerprint density at radius 2 is 2.03 bits per heavy atom. The summed E-state index contributed by atoms with van der Waals surface area (Å²) in [6, 6.07) is 0. The van der Waals surface area contributed by atoms with Crippen LogP contribution >= 0.6 is 0 Å². The van der Waals surface area contributed by atoms with Crippen LogP contribution in [-0.4, -0.2) is 77.5 Å². The van der Waals surface area contributed by atoms with Gasteiger partial charge in [0.25, 0.3) is 5.91 Å². The van der Waals surface area contributed by atoms with E-state index in [9.17, 15) is 14.7 Å². The summed E-state index contributed by atoms with van der Waals surface area (Å²) in [5.74, 6) is -0.170. The third-order valence-corrected chi connectivity index (χ3v) is 7.53. The fourth-order valence-corrected chi connectivity index (χ4v) is 5.40. The van der Waals surface area contributed by atoms with E-state index in [4.69, 9.17) is 15.7 Å². The van der Waals surface area contributed by atoms with E-state index in [0.29, 0.717) is 55.8 Å². The number of aliphatic hydroxyl groups excluding tert-OH is 1. The molecule has 3 aromatic rings. The van der Waals surface area contributed by atoms with Crippen molar-refractivity contribution in [2.24, 2.45) is 12.0 Å². The van der Waals surface area contributed by atoms with E-state index in [1.54, 1.807) is 27.2 Å². The van der Waals surface area contributed by atoms with Gasteiger partial charge in [-0.15, -0.1) is 0 Å². The lowest BCUT2D eigenvalue weighted by Gasteiger charge is -2.23. The molecule has 200 valence electrons. The van der Waals surface area contributed by atoms with Crippen molar-refractivity contribution in [3.8, 4) is 0 Å². The normalized spacial score (nSPS) is 19.2. The third-order valence-electron chi connectivity index (χ3n) is 7.53. The van der Waals surface area contributed by atoms with Crippen molar-refractivity contribution in [3.63, 3.8) is 0 Å². The van der Waals surface area contributed by atoms with Crippen LogP contribution in [0.3, 0.4) is 0 Å². The molecular weight excluding hydrogens is 484 g/mol. The van der Waals surface area contributed by atoms with Gasteiger partial charge in [0, 0.05) is 55.5 Å². The fourth-order valence-electron chi connectivity index (χ4n) is 5.40. The number of anilines is 1. The molecule has 1 saturated heterocycles. The summed E-state index contributed by atoms with van der Waals surface area (Å²) in [5.41, 5.74) is 12.0. The van der Waals surface area contributed by atoms with Crippen molar-refractivity contribution < 1.29 is 14.7 Å². The quantitative estimate of drug-likeness (QED) is 0.477. The van der Waals surface area contributed by atoms with Gasteiger partial charge in [-0.2, -0.15) is 14.7 Å². The smallest absolute Gasteiger partial charge is 0.251 e. The Bertz CT molecular complexity index is 1450. The lowest BCUT2D eigenvalue weighted by molar-refractivity contribution is -0.140. The van der Waals surface area contributed by atoms with E-state index in [1.165, 1.54) is 6.92 Å². The van der Waals surface area contributed by atoms with Gasteiger partial charge in [0.2, 0.25) is 0 Å². The maximum absolute atomic E-state index is 12.7. The molecule has 1 fully saturated rings. The van der Waals surface area contributed by atoms with E-state index in [-0.39, 0.29) is 23.4 Å². The molecule has 0 radical (unpaired) electrons. The third kappa shape index (κ3) is 4.73. The molecule has 2 aliphatic rings. The van der Waals surface area contributed by atoms with Gasteiger partial charge < -0.3 is 15.7 Å². The highest BCUT2D eigenvalue weighted by Gasteiger charge is 2.30. The lowest BCUT2D eigenvalue weighted by atomic mass is 9.91. The van der Waals surface area contributed by atoms with E-state index >= 15 is 0 Å². The number of fused-ring (bicyclic) bond motifs is 1. The Morgan fingerprint density at radius 1 is 1.21 bits per heavy atom. The van der Waals surface area contributed by atoms with Crippen molar-refractivity contribution in [2.75, 3.05) is 25.4 Å². The summed E-state index contributed by atoms with van der Waals surface area (Å²) in [5, 5.41) is 18.8. The van der Waals surface area contributed by atoms with E-state index in [1.807, 2.05) is 19.4 Å². The van der Waals surface area contributed by atoms with E-state index in [0.717, 1.165) is 35.3 Å². The second-order valence-electron chi connectivity index (χ2n) is 10.1. The topological polar surface area (TPSA) is 144 Å². The minimum Gasteiger partial charge on any atom is -0.383 e. The summed E-state index contributed by atoms with van der Waals surface area (Å²) in [4.78, 5) is 36.8. The zero-order valence-corrected chi connectivity index (χ0v) is 22.1. The summed E-state index contributed by atoms with van der Waals surface area (Å²) in [6.45, 7) is 4.84. The predicted molar refractivity (Wildman–Crippen MR) is 144 cm³/mol. The first kappa shape index (κ1) is 25.8. The fraction of sp³-hybridized carbons (Fsp3) is 0.481. The maximum Gasteiger partial charge on any atom is 0.251 e. The minimum absolute atomic E-state index is 0.0453. The number of rotatable bonds is 6. The summed E-state index contributed by atoms with van der Waals surface area (Å²) < 4.78 is 3.30. The Hall–Kier alpha value is -3.86. The molecule has 2 atom stereocenters. The molecule has 11 nitrogen and oxygen atoms in total. The molecule has 0 spiro atoms. The molecule has 5 rings (SSSR count). The molecule has 0 saturated carbocycles. The number of nitrogens with two attached hydrogens (primary N) is 1. The number of aliphatic hydroxyl groups is 1. The molecular formula is C27H34N8O3. The van der Waals surface area contributed by atoms with Crippen molar-refractivity contribution in [3.05, 3.63) is 47.1 Å². The largest absolute Gasteiger partial charge is 0.383 e. The number of aliphatic imine (C=N–C) groups is 1. The number of allylic oxidation sites excluding steroid dienone is 1. The number of likely N-dealkylation sites (tertiary alicyclic amines) is 1. The minimum atomic E-state index is -0.983. The highest BCUT2D eigenvalue weighted by Crippen LogP contribution is 2.34. The van der Waals surface area contributed by atoms with Crippen molar-refractivity contribution in [1.82, 2.24) is 29.3 Å². The van der Waals surface area contributed by atoms with Crippen LogP contribution in [0.15, 0.2) is 29.7 Å². The lowest BCUT2D eigenvalue weighted by Crippen LogP contribution is -2.39. The molecule has 3 N–H and O–H groups in total. The maximum atomic E-state index is 12.7. The Morgan fingerprint density at radius 3 is 2.68 bits per heavy atom. The number of dihydropyridines is 1. The zero-order valence-electron chi connectivity index (χ0n) is 22.1. The number of nitrogen functional groups attached to an aromatic ring is 1. The number of Topliss-reactive ketones (excluding diaryl/α,β-unsaturated/α-hetero) is 1. The van der Waals surface area contributed by atoms with Gasteiger partial charge >= 0.3 is 0 Å². The molecule has 0 aromatic carbocycles. The zero-order chi connectivity index (χ0) is 27.0. The van der Waals surface area contributed by atoms with E-state index in [2.05, 4.69) is 16.3 Å². The Labute approximate surface area is 221 Å². The molecule has 0 bridgehead atoms. The molecule has 3 aromatic heterocycles. The number of aryl methyl sites for hydroxylation is 1. The highest BCUT2D eigenvalue weighted by atomic mass is 16.3. The van der Waals surface area contributed by atoms with Crippen LogP contribution in [0.1, 0.15) is 79.0 Å². The number of carbonyl (C=O) groups excluding carboxylic acids is 2. The number of hydrogen-bond donors (Lipinski definition) is 2. The first-order chi connectivity index (χ1) is 18.3. The first-order valence-corrected chi connectivity index (χ1v) is 13.1. The van der Waals surface area contributed by atoms with Crippen LogP contribution in [0.5, 0.6) is 0 Å². The number of ketones is 1. The number of amides is 1. The molecule has 2 aliphatic heterocycles. The molecule has 1 amide bonds. The van der Waals surface area contributed by atoms with Crippen molar-refractivity contribution >= 4 is 34.4 Å². The number of hydrogen-bond acceptors (Lipinski definition) is 8. The molecule has 11 heteroatoms. The average Bonchev–Trinajstić information content (AvgIpc) is 3.46. The highest BCUT2D eigenvalue weighted by molar-refractivity contribution is 6.04. The number of nitrogens with zero attached hydrogens (tertiary/aromatic N) is 7. The van der Waals surface area contributed by atoms with Crippen LogP contribution in [-0.2, 0) is 11.8 Å². The predicted octanol–water partition coefficient (Wildman–Crippen LogP) is 2.39. The SMILES string of the molecule is CCC(O)C(=O)N1CCCC(c2nc3c(C4=CCC(c5cnn(C)c5)=NC4)cnn3c(N)c2C(C)=O)CC1. The van der Waals surface area contributed by atoms with Crippen LogP contribution in [0, 0.1) is 0 Å². The molecule has 2 unspecified atom stereocenters. The average molecular weight is 519 g/mol. The number of aromatic nitrogens is 5. The first-order valence-electron chi connectivity index (χ1n) is 13.1. The Balaban J connectivity index is 1.47. The second kappa shape index (κ2) is 10.5.